The lowest BCUT2D eigenvalue weighted by molar-refractivity contribution is 0.629. The molecule has 40 heavy (non-hydrogen) atoms. The molecule has 5 rings (SSSR count). The van der Waals surface area contributed by atoms with Crippen molar-refractivity contribution < 1.29 is 0 Å². The van der Waals surface area contributed by atoms with Crippen molar-refractivity contribution in [3.63, 3.8) is 0 Å². The molecule has 0 saturated heterocycles. The van der Waals surface area contributed by atoms with E-state index < -0.39 is 0 Å². The number of hydrogen-bond acceptors (Lipinski definition) is 13. The smallest absolute Gasteiger partial charge is 0.171 e. The molecule has 18 nitrogen and oxygen atoms in total. The van der Waals surface area contributed by atoms with Gasteiger partial charge >= 0.3 is 0 Å². The van der Waals surface area contributed by atoms with Crippen LogP contribution in [0.4, 0.5) is 0 Å². The maximum absolute atomic E-state index is 3.81. The quantitative estimate of drug-likeness (QED) is 0.264. The molecule has 5 heterocycles. The van der Waals surface area contributed by atoms with Crippen molar-refractivity contribution in [3.8, 4) is 0 Å². The van der Waals surface area contributed by atoms with Crippen LogP contribution in [0.25, 0.3) is 0 Å². The number of nitrogens with zero attached hydrogens (tertiary/aromatic N) is 18. The van der Waals surface area contributed by atoms with Gasteiger partial charge in [-0.15, -0.1) is 30.6 Å². The Morgan fingerprint density at radius 2 is 1.05 bits per heavy atom. The van der Waals surface area contributed by atoms with Crippen LogP contribution in [0.1, 0.15) is 69.1 Å². The fraction of sp³-hybridized carbons (Fsp3) is 0.682. The van der Waals surface area contributed by atoms with Crippen molar-refractivity contribution in [2.45, 2.75) is 71.2 Å². The lowest BCUT2D eigenvalue weighted by Gasteiger charge is -1.81. The van der Waals surface area contributed by atoms with E-state index in [9.17, 15) is 0 Å². The molecule has 232 valence electrons. The molecule has 0 aromatic carbocycles. The summed E-state index contributed by atoms with van der Waals surface area (Å²) in [7, 11) is 8.95. The van der Waals surface area contributed by atoms with E-state index in [4.69, 9.17) is 0 Å². The van der Waals surface area contributed by atoms with Crippen LogP contribution >= 0.6 is 0 Å². The largest absolute Gasteiger partial charge is 0.256 e. The van der Waals surface area contributed by atoms with Gasteiger partial charge in [0.25, 0.3) is 0 Å². The first kappa shape index (κ1) is 48.5. The molecule has 5 aromatic heterocycles. The van der Waals surface area contributed by atoms with Crippen molar-refractivity contribution in [2.75, 3.05) is 0 Å². The van der Waals surface area contributed by atoms with Crippen LogP contribution < -0.4 is 0 Å². The molecule has 0 atom stereocenters. The van der Waals surface area contributed by atoms with E-state index in [1.165, 1.54) is 15.8 Å². The summed E-state index contributed by atoms with van der Waals surface area (Å²) >= 11 is 0. The minimum absolute atomic E-state index is 0. The summed E-state index contributed by atoms with van der Waals surface area (Å²) in [5.74, 6) is 1.54. The van der Waals surface area contributed by atoms with E-state index in [1.807, 2.05) is 48.7 Å². The zero-order valence-corrected chi connectivity index (χ0v) is 22.9. The molecule has 0 aliphatic heterocycles. The van der Waals surface area contributed by atoms with E-state index in [-0.39, 0.29) is 29.7 Å². The summed E-state index contributed by atoms with van der Waals surface area (Å²) in [5.41, 5.74) is 0. The number of aromatic nitrogens is 18. The summed E-state index contributed by atoms with van der Waals surface area (Å²) in [6.07, 6.45) is 8.36. The summed E-state index contributed by atoms with van der Waals surface area (Å²) < 4.78 is 6.42. The standard InChI is InChI=1S/2C3H6N4.2C3H5N3.C2H4N4.2C2H6.4CH4/c1-3-4-5-6-7(3)2;1-3-4-6-7(2)5-3;2*1-6-3-2-4-5-6;1-6-2-3-4-5-6;2*1-2;;;;/h2*1-2H3;2*2-3H,1H3;2H,1H3;2*1-2H3;4*1H4. The van der Waals surface area contributed by atoms with E-state index in [1.54, 1.807) is 66.9 Å². The highest BCUT2D eigenvalue weighted by molar-refractivity contribution is 4.69. The number of aryl methyl sites for hydroxylation is 7. The predicted molar refractivity (Wildman–Crippen MR) is 157 cm³/mol. The molecule has 5 aromatic rings. The fourth-order valence-corrected chi connectivity index (χ4v) is 1.39. The average Bonchev–Trinajstić information content (AvgIpc) is 3.72. The molecular weight excluding hydrogens is 516 g/mol. The first-order valence-electron chi connectivity index (χ1n) is 10.9. The van der Waals surface area contributed by atoms with Gasteiger partial charge in [-0.05, 0) is 39.9 Å². The minimum atomic E-state index is 0. The Hall–Kier alpha value is -4.51. The Bertz CT molecular complexity index is 940. The maximum atomic E-state index is 3.81. The first-order valence-corrected chi connectivity index (χ1v) is 10.9. The molecule has 0 fully saturated rings. The minimum Gasteiger partial charge on any atom is -0.256 e. The lowest BCUT2D eigenvalue weighted by atomic mass is 10.7. The Morgan fingerprint density at radius 3 is 1.15 bits per heavy atom. The fourth-order valence-electron chi connectivity index (χ4n) is 1.39. The second kappa shape index (κ2) is 32.5. The van der Waals surface area contributed by atoms with Gasteiger partial charge in [-0.3, -0.25) is 9.36 Å². The Kier molecular flexibility index (Phi) is 39.5. The number of rotatable bonds is 0. The topological polar surface area (TPSA) is 192 Å². The van der Waals surface area contributed by atoms with Gasteiger partial charge in [0.05, 0.1) is 19.4 Å². The maximum Gasteiger partial charge on any atom is 0.171 e. The lowest BCUT2D eigenvalue weighted by Crippen LogP contribution is -1.92. The van der Waals surface area contributed by atoms with Crippen LogP contribution in [0.2, 0.25) is 0 Å². The van der Waals surface area contributed by atoms with Gasteiger partial charge in [0.2, 0.25) is 0 Å². The van der Waals surface area contributed by atoms with Crippen LogP contribution in [0.15, 0.2) is 31.1 Å². The Labute approximate surface area is 240 Å². The van der Waals surface area contributed by atoms with Crippen molar-refractivity contribution in [3.05, 3.63) is 42.8 Å². The Balaban J connectivity index is -0.0000000855. The highest BCUT2D eigenvalue weighted by atomic mass is 15.6. The first-order chi connectivity index (χ1) is 17.3. The zero-order chi connectivity index (χ0) is 27.8. The van der Waals surface area contributed by atoms with Crippen molar-refractivity contribution in [2.24, 2.45) is 35.2 Å². The third-order valence-corrected chi connectivity index (χ3v) is 2.98. The molecular formula is C22H54N18. The summed E-state index contributed by atoms with van der Waals surface area (Å²) in [5, 5.41) is 46.0. The van der Waals surface area contributed by atoms with Crippen LogP contribution in [0.5, 0.6) is 0 Å². The van der Waals surface area contributed by atoms with E-state index >= 15 is 0 Å². The van der Waals surface area contributed by atoms with Gasteiger partial charge in [0.1, 0.15) is 12.2 Å². The van der Waals surface area contributed by atoms with Crippen LogP contribution in [-0.4, -0.2) is 90.6 Å². The second-order valence-electron chi connectivity index (χ2n) is 5.81. The Morgan fingerprint density at radius 1 is 0.550 bits per heavy atom. The van der Waals surface area contributed by atoms with E-state index in [0.29, 0.717) is 5.82 Å². The number of tetrazole rings is 3. The zero-order valence-electron chi connectivity index (χ0n) is 22.9. The van der Waals surface area contributed by atoms with Gasteiger partial charge in [-0.25, -0.2) is 9.36 Å². The molecule has 0 aliphatic carbocycles. The highest BCUT2D eigenvalue weighted by Crippen LogP contribution is 1.78. The van der Waals surface area contributed by atoms with Crippen molar-refractivity contribution in [1.29, 1.82) is 0 Å². The van der Waals surface area contributed by atoms with Crippen LogP contribution in [-0.2, 0) is 35.2 Å². The third kappa shape index (κ3) is 28.1. The average molecular weight is 571 g/mol. The molecule has 0 radical (unpaired) electrons. The predicted octanol–water partition coefficient (Wildman–Crippen LogP) is 2.47. The monoisotopic (exact) mass is 570 g/mol. The molecule has 0 unspecified atom stereocenters. The molecule has 0 spiro atoms. The van der Waals surface area contributed by atoms with Crippen LogP contribution in [0, 0.1) is 13.8 Å². The highest BCUT2D eigenvalue weighted by Gasteiger charge is 1.87. The summed E-state index contributed by atoms with van der Waals surface area (Å²) in [6, 6.07) is 0. The number of hydrogen-bond donors (Lipinski definition) is 0. The third-order valence-electron chi connectivity index (χ3n) is 2.98. The second-order valence-corrected chi connectivity index (χ2v) is 5.81. The van der Waals surface area contributed by atoms with Crippen molar-refractivity contribution >= 4 is 0 Å². The molecule has 0 amide bonds. The molecule has 18 heteroatoms. The van der Waals surface area contributed by atoms with E-state index in [0.717, 1.165) is 5.82 Å². The van der Waals surface area contributed by atoms with E-state index in [2.05, 4.69) is 67.1 Å². The molecule has 0 N–H and O–H groups in total. The molecule has 0 aliphatic rings. The summed E-state index contributed by atoms with van der Waals surface area (Å²) in [6.45, 7) is 11.6. The van der Waals surface area contributed by atoms with Crippen molar-refractivity contribution in [1.82, 2.24) is 90.6 Å². The summed E-state index contributed by atoms with van der Waals surface area (Å²) in [4.78, 5) is 1.43. The van der Waals surface area contributed by atoms with Crippen LogP contribution in [0.3, 0.4) is 0 Å². The van der Waals surface area contributed by atoms with Gasteiger partial charge in [-0.2, -0.15) is 4.80 Å². The van der Waals surface area contributed by atoms with Gasteiger partial charge in [0, 0.05) is 40.6 Å². The molecule has 0 saturated carbocycles. The van der Waals surface area contributed by atoms with Gasteiger partial charge < -0.3 is 0 Å². The normalized spacial score (nSPS) is 7.58. The van der Waals surface area contributed by atoms with Gasteiger partial charge in [0.15, 0.2) is 5.82 Å². The van der Waals surface area contributed by atoms with Gasteiger partial charge in [-0.1, -0.05) is 67.8 Å². The SMILES string of the molecule is C.C.C.C.CC.CC.Cc1nnn(C)n1.Cc1nnnn1C.Cn1ccnn1.Cn1ccnn1.Cn1cnnn1. The molecule has 0 bridgehead atoms.